The lowest BCUT2D eigenvalue weighted by molar-refractivity contribution is -0.141. The molecule has 0 bridgehead atoms. The Morgan fingerprint density at radius 3 is 2.60 bits per heavy atom. The molecule has 1 aromatic rings. The van der Waals surface area contributed by atoms with Crippen molar-refractivity contribution in [1.29, 1.82) is 0 Å². The molecular weight excluding hydrogens is 384 g/mol. The third-order valence-electron chi connectivity index (χ3n) is 6.53. The summed E-state index contributed by atoms with van der Waals surface area (Å²) in [5, 5.41) is 3.00. The van der Waals surface area contributed by atoms with Gasteiger partial charge in [0, 0.05) is 39.8 Å². The van der Waals surface area contributed by atoms with Gasteiger partial charge in [-0.25, -0.2) is 4.79 Å². The molecule has 1 atom stereocenters. The first kappa shape index (κ1) is 20.8. The minimum atomic E-state index is -0.802. The summed E-state index contributed by atoms with van der Waals surface area (Å²) in [4.78, 5) is 43.7. The minimum absolute atomic E-state index is 0.0219. The van der Waals surface area contributed by atoms with Crippen molar-refractivity contribution in [1.82, 2.24) is 20.0 Å². The molecule has 3 aliphatic rings. The van der Waals surface area contributed by atoms with Crippen LogP contribution in [0.1, 0.15) is 31.2 Å². The van der Waals surface area contributed by atoms with Crippen LogP contribution < -0.4 is 5.32 Å². The number of benzene rings is 1. The SMILES string of the molecule is COCC(=O)N1CCC[C@H](N2C(=O)NC3(CCN(Cc4ccccc4)CC3)C2=O)C1. The van der Waals surface area contributed by atoms with Crippen LogP contribution in [0.5, 0.6) is 0 Å². The molecule has 30 heavy (non-hydrogen) atoms. The number of amides is 4. The molecule has 162 valence electrons. The Hall–Kier alpha value is -2.45. The molecule has 0 unspecified atom stereocenters. The van der Waals surface area contributed by atoms with Gasteiger partial charge in [0.25, 0.3) is 5.91 Å². The topological polar surface area (TPSA) is 82.2 Å². The van der Waals surface area contributed by atoms with Crippen LogP contribution in [0.25, 0.3) is 0 Å². The van der Waals surface area contributed by atoms with Crippen LogP contribution in [-0.2, 0) is 20.9 Å². The van der Waals surface area contributed by atoms with E-state index in [4.69, 9.17) is 4.74 Å². The summed E-state index contributed by atoms with van der Waals surface area (Å²) in [6, 6.07) is 9.69. The summed E-state index contributed by atoms with van der Waals surface area (Å²) in [5.41, 5.74) is 0.447. The highest BCUT2D eigenvalue weighted by Gasteiger charge is 2.54. The van der Waals surface area contributed by atoms with Crippen LogP contribution >= 0.6 is 0 Å². The zero-order valence-electron chi connectivity index (χ0n) is 17.5. The predicted molar refractivity (Wildman–Crippen MR) is 111 cm³/mol. The average molecular weight is 415 g/mol. The third kappa shape index (κ3) is 4.06. The summed E-state index contributed by atoms with van der Waals surface area (Å²) >= 11 is 0. The number of methoxy groups -OCH3 is 1. The van der Waals surface area contributed by atoms with Gasteiger partial charge >= 0.3 is 6.03 Å². The molecule has 3 fully saturated rings. The number of urea groups is 1. The Kier molecular flexibility index (Phi) is 6.06. The number of imide groups is 1. The van der Waals surface area contributed by atoms with E-state index in [0.29, 0.717) is 25.9 Å². The quantitative estimate of drug-likeness (QED) is 0.733. The second-order valence-electron chi connectivity index (χ2n) is 8.52. The summed E-state index contributed by atoms with van der Waals surface area (Å²) in [6.07, 6.45) is 2.72. The van der Waals surface area contributed by atoms with E-state index in [-0.39, 0.29) is 30.5 Å². The number of hydrogen-bond donors (Lipinski definition) is 1. The lowest BCUT2D eigenvalue weighted by Gasteiger charge is -2.39. The number of carbonyl (C=O) groups excluding carboxylic acids is 3. The second kappa shape index (κ2) is 8.73. The number of piperidine rings is 2. The van der Waals surface area contributed by atoms with Gasteiger partial charge in [-0.3, -0.25) is 19.4 Å². The van der Waals surface area contributed by atoms with E-state index in [2.05, 4.69) is 22.3 Å². The van der Waals surface area contributed by atoms with Gasteiger partial charge in [-0.2, -0.15) is 0 Å². The smallest absolute Gasteiger partial charge is 0.325 e. The molecule has 8 nitrogen and oxygen atoms in total. The molecule has 3 saturated heterocycles. The first-order chi connectivity index (χ1) is 14.5. The predicted octanol–water partition coefficient (Wildman–Crippen LogP) is 1.21. The fourth-order valence-corrected chi connectivity index (χ4v) is 4.85. The van der Waals surface area contributed by atoms with E-state index in [1.807, 2.05) is 18.2 Å². The number of ether oxygens (including phenoxy) is 1. The summed E-state index contributed by atoms with van der Waals surface area (Å²) in [5.74, 6) is -0.226. The fourth-order valence-electron chi connectivity index (χ4n) is 4.85. The van der Waals surface area contributed by atoms with E-state index in [1.165, 1.54) is 17.6 Å². The monoisotopic (exact) mass is 414 g/mol. The van der Waals surface area contributed by atoms with Gasteiger partial charge in [0.05, 0.1) is 6.04 Å². The normalized spacial score (nSPS) is 24.4. The molecule has 0 aromatic heterocycles. The van der Waals surface area contributed by atoms with E-state index < -0.39 is 5.54 Å². The zero-order chi connectivity index (χ0) is 21.1. The largest absolute Gasteiger partial charge is 0.375 e. The van der Waals surface area contributed by atoms with Crippen molar-refractivity contribution in [2.45, 2.75) is 43.8 Å². The second-order valence-corrected chi connectivity index (χ2v) is 8.52. The molecule has 4 amide bonds. The Labute approximate surface area is 177 Å². The summed E-state index contributed by atoms with van der Waals surface area (Å²) < 4.78 is 4.95. The molecule has 1 aromatic carbocycles. The highest BCUT2D eigenvalue weighted by molar-refractivity contribution is 6.07. The molecule has 3 aliphatic heterocycles. The van der Waals surface area contributed by atoms with Gasteiger partial charge in [-0.15, -0.1) is 0 Å². The van der Waals surface area contributed by atoms with E-state index in [9.17, 15) is 14.4 Å². The lowest BCUT2D eigenvalue weighted by Crippen LogP contribution is -2.56. The highest BCUT2D eigenvalue weighted by Crippen LogP contribution is 2.32. The lowest BCUT2D eigenvalue weighted by atomic mass is 9.87. The van der Waals surface area contributed by atoms with E-state index >= 15 is 0 Å². The van der Waals surface area contributed by atoms with Crippen molar-refractivity contribution in [3.63, 3.8) is 0 Å². The standard InChI is InChI=1S/C22H30N4O4/c1-30-16-19(27)25-11-5-8-18(15-25)26-20(28)22(23-21(26)29)9-12-24(13-10-22)14-17-6-3-2-4-7-17/h2-4,6-7,18H,5,8-16H2,1H3,(H,23,29)/t18-/m0/s1. The maximum Gasteiger partial charge on any atom is 0.325 e. The van der Waals surface area contributed by atoms with Crippen molar-refractivity contribution < 1.29 is 19.1 Å². The molecule has 8 heteroatoms. The maximum atomic E-state index is 13.4. The molecular formula is C22H30N4O4. The Bertz CT molecular complexity index is 792. The molecule has 0 radical (unpaired) electrons. The van der Waals surface area contributed by atoms with Crippen LogP contribution in [0.4, 0.5) is 4.79 Å². The van der Waals surface area contributed by atoms with Crippen molar-refractivity contribution >= 4 is 17.8 Å². The summed E-state index contributed by atoms with van der Waals surface area (Å²) in [7, 11) is 1.49. The number of hydrogen-bond acceptors (Lipinski definition) is 5. The van der Waals surface area contributed by atoms with Gasteiger partial charge < -0.3 is 15.0 Å². The van der Waals surface area contributed by atoms with Gasteiger partial charge in [0.1, 0.15) is 12.1 Å². The maximum absolute atomic E-state index is 13.4. The van der Waals surface area contributed by atoms with Gasteiger partial charge in [0.2, 0.25) is 5.91 Å². The number of nitrogens with zero attached hydrogens (tertiary/aromatic N) is 3. The molecule has 0 saturated carbocycles. The number of rotatable bonds is 5. The molecule has 3 heterocycles. The Morgan fingerprint density at radius 1 is 1.17 bits per heavy atom. The number of likely N-dealkylation sites (tertiary alicyclic amines) is 2. The van der Waals surface area contributed by atoms with Gasteiger partial charge in [0.15, 0.2) is 0 Å². The third-order valence-corrected chi connectivity index (χ3v) is 6.53. The molecule has 1 N–H and O–H groups in total. The first-order valence-corrected chi connectivity index (χ1v) is 10.7. The zero-order valence-corrected chi connectivity index (χ0v) is 17.5. The highest BCUT2D eigenvalue weighted by atomic mass is 16.5. The van der Waals surface area contributed by atoms with Crippen molar-refractivity contribution in [3.8, 4) is 0 Å². The van der Waals surface area contributed by atoms with Crippen molar-refractivity contribution in [2.75, 3.05) is 39.9 Å². The molecule has 0 aliphatic carbocycles. The minimum Gasteiger partial charge on any atom is -0.375 e. The van der Waals surface area contributed by atoms with E-state index in [0.717, 1.165) is 32.5 Å². The Balaban J connectivity index is 1.39. The fraction of sp³-hybridized carbons (Fsp3) is 0.591. The van der Waals surface area contributed by atoms with Gasteiger partial charge in [-0.05, 0) is 31.2 Å². The van der Waals surface area contributed by atoms with Crippen LogP contribution in [0, 0.1) is 0 Å². The average Bonchev–Trinajstić information content (AvgIpc) is 3.00. The van der Waals surface area contributed by atoms with E-state index in [1.54, 1.807) is 4.90 Å². The van der Waals surface area contributed by atoms with Crippen LogP contribution in [0.15, 0.2) is 30.3 Å². The molecule has 4 rings (SSSR count). The summed E-state index contributed by atoms with van der Waals surface area (Å²) in [6.45, 7) is 3.42. The molecule has 1 spiro atoms. The van der Waals surface area contributed by atoms with Gasteiger partial charge in [-0.1, -0.05) is 30.3 Å². The van der Waals surface area contributed by atoms with Crippen LogP contribution in [-0.4, -0.2) is 84.0 Å². The van der Waals surface area contributed by atoms with Crippen LogP contribution in [0.2, 0.25) is 0 Å². The van der Waals surface area contributed by atoms with Crippen molar-refractivity contribution in [2.24, 2.45) is 0 Å². The number of carbonyl (C=O) groups is 3. The van der Waals surface area contributed by atoms with Crippen LogP contribution in [0.3, 0.4) is 0 Å². The van der Waals surface area contributed by atoms with Crippen molar-refractivity contribution in [3.05, 3.63) is 35.9 Å². The first-order valence-electron chi connectivity index (χ1n) is 10.7. The Morgan fingerprint density at radius 2 is 1.90 bits per heavy atom. The number of nitrogens with one attached hydrogen (secondary N) is 1.